The van der Waals surface area contributed by atoms with Crippen LogP contribution in [0, 0.1) is 0 Å². The molecule has 0 saturated carbocycles. The second-order valence-corrected chi connectivity index (χ2v) is 5.68. The van der Waals surface area contributed by atoms with Gasteiger partial charge in [-0.3, -0.25) is 4.99 Å². The Hall–Kier alpha value is -1.44. The van der Waals surface area contributed by atoms with Crippen molar-refractivity contribution >= 4 is 15.7 Å². The quantitative estimate of drug-likeness (QED) is 0.257. The van der Waals surface area contributed by atoms with Crippen LogP contribution >= 0.6 is 0 Å². The van der Waals surface area contributed by atoms with Crippen molar-refractivity contribution in [1.29, 1.82) is 0 Å². The molecule has 18 heavy (non-hydrogen) atoms. The fourth-order valence-corrected chi connectivity index (χ4v) is 2.01. The van der Waals surface area contributed by atoms with Crippen molar-refractivity contribution in [3.63, 3.8) is 0 Å². The number of hydrogen-bond donors (Lipinski definition) is 2. The van der Waals surface area contributed by atoms with Crippen molar-refractivity contribution in [2.24, 2.45) is 10.8 Å². The molecule has 0 heterocycles. The minimum absolute atomic E-state index is 0.231. The molecule has 0 saturated heterocycles. The van der Waals surface area contributed by atoms with Crippen molar-refractivity contribution in [2.75, 3.05) is 26.5 Å². The van der Waals surface area contributed by atoms with E-state index < -0.39 is 9.84 Å². The van der Waals surface area contributed by atoms with Crippen LogP contribution in [0.3, 0.4) is 0 Å². The van der Waals surface area contributed by atoms with Crippen LogP contribution in [0.2, 0.25) is 0 Å². The van der Waals surface area contributed by atoms with Gasteiger partial charge in [-0.15, -0.1) is 0 Å². The lowest BCUT2D eigenvalue weighted by Gasteiger charge is -2.07. The molecular weight excluding hydrogens is 254 g/mol. The summed E-state index contributed by atoms with van der Waals surface area (Å²) in [4.78, 5) is 4.42. The van der Waals surface area contributed by atoms with Gasteiger partial charge in [-0.05, 0) is 12.1 Å². The molecule has 0 unspecified atom stereocenters. The molecule has 7 heteroatoms. The molecule has 0 aromatic heterocycles. The van der Waals surface area contributed by atoms with Crippen molar-refractivity contribution < 1.29 is 13.2 Å². The summed E-state index contributed by atoms with van der Waals surface area (Å²) in [5.41, 5.74) is 3.08. The number of amidine groups is 1. The first-order chi connectivity index (χ1) is 8.49. The summed E-state index contributed by atoms with van der Waals surface area (Å²) in [7, 11) is -1.66. The van der Waals surface area contributed by atoms with Crippen molar-refractivity contribution in [3.05, 3.63) is 29.8 Å². The van der Waals surface area contributed by atoms with Crippen molar-refractivity contribution in [2.45, 2.75) is 4.90 Å². The molecule has 0 aliphatic heterocycles. The zero-order valence-corrected chi connectivity index (χ0v) is 11.2. The van der Waals surface area contributed by atoms with Crippen molar-refractivity contribution in [3.8, 4) is 0 Å². The van der Waals surface area contributed by atoms with Crippen LogP contribution in [-0.2, 0) is 14.6 Å². The number of hydrazine groups is 1. The number of nitrogens with two attached hydrogens (primary N) is 1. The van der Waals surface area contributed by atoms with E-state index in [1.54, 1.807) is 19.2 Å². The van der Waals surface area contributed by atoms with E-state index in [-0.39, 0.29) is 4.90 Å². The Morgan fingerprint density at radius 2 is 2.22 bits per heavy atom. The number of aliphatic imine (C=N–C) groups is 1. The van der Waals surface area contributed by atoms with E-state index >= 15 is 0 Å². The Balaban J connectivity index is 3.04. The zero-order chi connectivity index (χ0) is 13.6. The molecule has 0 fully saturated rings. The molecule has 6 nitrogen and oxygen atoms in total. The maximum absolute atomic E-state index is 11.4. The molecule has 1 aromatic carbocycles. The molecule has 0 aliphatic carbocycles. The third kappa shape index (κ3) is 4.10. The van der Waals surface area contributed by atoms with Crippen LogP contribution in [0.15, 0.2) is 34.2 Å². The lowest BCUT2D eigenvalue weighted by atomic mass is 10.2. The normalized spacial score (nSPS) is 12.5. The van der Waals surface area contributed by atoms with Crippen molar-refractivity contribution in [1.82, 2.24) is 5.43 Å². The van der Waals surface area contributed by atoms with E-state index in [0.717, 1.165) is 6.26 Å². The predicted molar refractivity (Wildman–Crippen MR) is 70.2 cm³/mol. The first kappa shape index (κ1) is 14.6. The zero-order valence-electron chi connectivity index (χ0n) is 10.4. The van der Waals surface area contributed by atoms with E-state index in [1.807, 2.05) is 0 Å². The predicted octanol–water partition coefficient (Wildman–Crippen LogP) is -0.0536. The number of hydrogen-bond acceptors (Lipinski definition) is 5. The lowest BCUT2D eigenvalue weighted by Crippen LogP contribution is -2.31. The number of nitrogens with one attached hydrogen (secondary N) is 1. The number of rotatable bonds is 5. The highest BCUT2D eigenvalue weighted by molar-refractivity contribution is 7.90. The molecular formula is C11H17N3O3S. The molecule has 1 aromatic rings. The van der Waals surface area contributed by atoms with Gasteiger partial charge < -0.3 is 10.2 Å². The standard InChI is InChI=1S/C11H17N3O3S/c1-17-7-6-13-11(14-12)9-4-3-5-10(8-9)18(2,15)16/h3-5,8H,6-7,12H2,1-2H3,(H,13,14). The van der Waals surface area contributed by atoms with E-state index in [4.69, 9.17) is 10.6 Å². The van der Waals surface area contributed by atoms with E-state index in [0.29, 0.717) is 24.6 Å². The molecule has 0 spiro atoms. The molecule has 3 N–H and O–H groups in total. The highest BCUT2D eigenvalue weighted by Gasteiger charge is 2.09. The minimum Gasteiger partial charge on any atom is -0.383 e. The van der Waals surface area contributed by atoms with Gasteiger partial charge in [0.2, 0.25) is 0 Å². The fourth-order valence-electron chi connectivity index (χ4n) is 1.34. The Morgan fingerprint density at radius 1 is 1.50 bits per heavy atom. The molecule has 1 rings (SSSR count). The highest BCUT2D eigenvalue weighted by atomic mass is 32.2. The van der Waals surface area contributed by atoms with Crippen LogP contribution in [0.5, 0.6) is 0 Å². The maximum Gasteiger partial charge on any atom is 0.175 e. The molecule has 0 radical (unpaired) electrons. The largest absolute Gasteiger partial charge is 0.383 e. The van der Waals surface area contributed by atoms with Gasteiger partial charge in [0.15, 0.2) is 9.84 Å². The molecule has 0 atom stereocenters. The van der Waals surface area contributed by atoms with Crippen LogP contribution in [0.25, 0.3) is 0 Å². The third-order valence-electron chi connectivity index (χ3n) is 2.24. The number of ether oxygens (including phenoxy) is 1. The first-order valence-electron chi connectivity index (χ1n) is 5.29. The summed E-state index contributed by atoms with van der Waals surface area (Å²) in [5.74, 6) is 5.80. The SMILES string of the molecule is COCCN=C(NN)c1cccc(S(C)(=O)=O)c1. The highest BCUT2D eigenvalue weighted by Crippen LogP contribution is 2.11. The average Bonchev–Trinajstić information content (AvgIpc) is 2.34. The van der Waals surface area contributed by atoms with Crippen LogP contribution in [0.4, 0.5) is 0 Å². The smallest absolute Gasteiger partial charge is 0.175 e. The van der Waals surface area contributed by atoms with E-state index in [9.17, 15) is 8.42 Å². The third-order valence-corrected chi connectivity index (χ3v) is 3.35. The first-order valence-corrected chi connectivity index (χ1v) is 7.18. The Bertz CT molecular complexity index is 526. The maximum atomic E-state index is 11.4. The van der Waals surface area contributed by atoms with Gasteiger partial charge in [0.1, 0.15) is 5.84 Å². The average molecular weight is 271 g/mol. The summed E-state index contributed by atoms with van der Waals surface area (Å²) in [6.45, 7) is 0.913. The minimum atomic E-state index is -3.24. The molecule has 0 amide bonds. The lowest BCUT2D eigenvalue weighted by molar-refractivity contribution is 0.208. The second kappa shape index (κ2) is 6.48. The van der Waals surface area contributed by atoms with Gasteiger partial charge in [0, 0.05) is 18.9 Å². The van der Waals surface area contributed by atoms with Gasteiger partial charge in [0.25, 0.3) is 0 Å². The Morgan fingerprint density at radius 3 is 2.78 bits per heavy atom. The second-order valence-electron chi connectivity index (χ2n) is 3.67. The summed E-state index contributed by atoms with van der Waals surface area (Å²) in [6.07, 6.45) is 1.16. The molecule has 100 valence electrons. The summed E-state index contributed by atoms with van der Waals surface area (Å²) in [5, 5.41) is 0. The Kier molecular flexibility index (Phi) is 5.26. The van der Waals surface area contributed by atoms with Gasteiger partial charge in [-0.1, -0.05) is 12.1 Å². The van der Waals surface area contributed by atoms with Gasteiger partial charge in [-0.25, -0.2) is 14.3 Å². The van der Waals surface area contributed by atoms with Crippen LogP contribution < -0.4 is 11.3 Å². The van der Waals surface area contributed by atoms with Gasteiger partial charge in [0.05, 0.1) is 18.0 Å². The number of benzene rings is 1. The van der Waals surface area contributed by atoms with Crippen LogP contribution in [0.1, 0.15) is 5.56 Å². The Labute approximate surface area is 107 Å². The summed E-state index contributed by atoms with van der Waals surface area (Å²) in [6, 6.07) is 6.44. The summed E-state index contributed by atoms with van der Waals surface area (Å²) >= 11 is 0. The monoisotopic (exact) mass is 271 g/mol. The number of methoxy groups -OCH3 is 1. The number of nitrogens with zero attached hydrogens (tertiary/aromatic N) is 1. The van der Waals surface area contributed by atoms with Gasteiger partial charge in [-0.2, -0.15) is 0 Å². The van der Waals surface area contributed by atoms with Crippen LogP contribution in [-0.4, -0.2) is 40.8 Å². The van der Waals surface area contributed by atoms with E-state index in [1.165, 1.54) is 12.1 Å². The molecule has 0 aliphatic rings. The van der Waals surface area contributed by atoms with Gasteiger partial charge >= 0.3 is 0 Å². The topological polar surface area (TPSA) is 93.8 Å². The summed E-state index contributed by atoms with van der Waals surface area (Å²) < 4.78 is 27.8. The van der Waals surface area contributed by atoms with E-state index in [2.05, 4.69) is 10.4 Å². The fraction of sp³-hybridized carbons (Fsp3) is 0.364. The molecule has 0 bridgehead atoms. The number of sulfone groups is 1.